The van der Waals surface area contributed by atoms with Gasteiger partial charge in [-0.15, -0.1) is 0 Å². The fourth-order valence-corrected chi connectivity index (χ4v) is 18.3. The number of carbonyl (C=O) groups is 2. The SMILES string of the molecule is CN1CCCN(C)CCNC(=O)C2(C(=O)NCC1)C1c3c4ccc5c6c7c8c9c%10c%11c%12c%13c(c3c(c%129)c4c58)C(C3C=CC4C(C=%133)C=%11C3C4C=CC4C(C=C6)C7C=%10C43)C12. The molecule has 282 valence electrons. The number of rotatable bonds is 0. The van der Waals surface area contributed by atoms with E-state index in [4.69, 9.17) is 0 Å². The molecule has 0 radical (unpaired) electrons. The van der Waals surface area contributed by atoms with E-state index in [1.165, 1.54) is 49.0 Å². The normalized spacial score (nSPS) is 39.8. The van der Waals surface area contributed by atoms with Crippen LogP contribution >= 0.6 is 0 Å². The summed E-state index contributed by atoms with van der Waals surface area (Å²) >= 11 is 0. The second-order valence-corrected chi connectivity index (χ2v) is 21.1. The third kappa shape index (κ3) is 2.50. The van der Waals surface area contributed by atoms with E-state index in [1.54, 1.807) is 53.9 Å². The molecule has 12 atom stereocenters. The predicted octanol–water partition coefficient (Wildman–Crippen LogP) is 4.49. The summed E-state index contributed by atoms with van der Waals surface area (Å²) in [4.78, 5) is 35.4. The van der Waals surface area contributed by atoms with E-state index < -0.39 is 5.41 Å². The van der Waals surface area contributed by atoms with Gasteiger partial charge in [-0.05, 0) is 184 Å². The summed E-state index contributed by atoms with van der Waals surface area (Å²) in [7, 11) is 4.32. The van der Waals surface area contributed by atoms with Crippen molar-refractivity contribution in [3.8, 4) is 0 Å². The van der Waals surface area contributed by atoms with Crippen molar-refractivity contribution in [1.82, 2.24) is 20.4 Å². The molecule has 1 spiro atoms. The number of carbonyl (C=O) groups excluding carboxylic acids is 2. The van der Waals surface area contributed by atoms with Crippen LogP contribution in [0.3, 0.4) is 0 Å². The van der Waals surface area contributed by atoms with Crippen molar-refractivity contribution in [2.24, 2.45) is 58.7 Å². The van der Waals surface area contributed by atoms with Crippen LogP contribution in [0.4, 0.5) is 0 Å². The molecule has 58 heavy (non-hydrogen) atoms. The van der Waals surface area contributed by atoms with Crippen LogP contribution in [0, 0.1) is 58.7 Å². The van der Waals surface area contributed by atoms with Crippen LogP contribution in [-0.4, -0.2) is 75.0 Å². The van der Waals surface area contributed by atoms with E-state index in [-0.39, 0.29) is 35.5 Å². The molecule has 12 aliphatic rings. The lowest BCUT2D eigenvalue weighted by atomic mass is 9.66. The van der Waals surface area contributed by atoms with Gasteiger partial charge in [0.2, 0.25) is 11.8 Å². The first-order valence-corrected chi connectivity index (χ1v) is 22.6. The standard InChI is InChI=1S/C52H42N4O2/c1-55-14-3-15-56(2)17-13-54-51(58)52(50(57)53-12-16-55)48-34-24-10-8-22-20-6-4-18-19-5-7-21-23-9-11-25-33-31(23)38-29(21)27(19)36-26(18)28(20)37-30(22)32(24)39-41(34)42(35(25)49(48)52)40(33)47-45(38)43(36)44(37)46(39)47/h4-11,18-20,22,24,26-28,30,34,48-49H,3,12-17H2,1-2H3,(H,53,57)(H,54,58). The molecule has 1 saturated heterocycles. The van der Waals surface area contributed by atoms with E-state index in [0.717, 1.165) is 32.6 Å². The maximum Gasteiger partial charge on any atom is 0.236 e. The Hall–Kier alpha value is -4.78. The highest BCUT2D eigenvalue weighted by atomic mass is 16.2. The van der Waals surface area contributed by atoms with Gasteiger partial charge in [-0.3, -0.25) is 9.59 Å². The molecule has 1 heterocycles. The predicted molar refractivity (Wildman–Crippen MR) is 227 cm³/mol. The van der Waals surface area contributed by atoms with Crippen molar-refractivity contribution in [1.29, 1.82) is 0 Å². The number of benzene rings is 3. The Morgan fingerprint density at radius 2 is 1.22 bits per heavy atom. The van der Waals surface area contributed by atoms with Gasteiger partial charge in [0.05, 0.1) is 0 Å². The van der Waals surface area contributed by atoms with Crippen LogP contribution in [0.15, 0.2) is 42.5 Å². The van der Waals surface area contributed by atoms with Gasteiger partial charge >= 0.3 is 0 Å². The largest absolute Gasteiger partial charge is 0.354 e. The lowest BCUT2D eigenvalue weighted by Crippen LogP contribution is -2.48. The minimum Gasteiger partial charge on any atom is -0.354 e. The van der Waals surface area contributed by atoms with Gasteiger partial charge in [0.25, 0.3) is 0 Å². The van der Waals surface area contributed by atoms with Gasteiger partial charge in [0.15, 0.2) is 0 Å². The molecule has 2 amide bonds. The Morgan fingerprint density at radius 3 is 2.00 bits per heavy atom. The molecule has 6 heteroatoms. The van der Waals surface area contributed by atoms with Crippen molar-refractivity contribution >= 4 is 88.5 Å². The number of nitrogens with zero attached hydrogens (tertiary/aromatic N) is 2. The fraction of sp³-hybridized carbons (Fsp3) is 0.423. The summed E-state index contributed by atoms with van der Waals surface area (Å²) in [5.41, 5.74) is 10.1. The van der Waals surface area contributed by atoms with Crippen molar-refractivity contribution in [3.05, 3.63) is 80.4 Å². The molecule has 11 aliphatic carbocycles. The lowest BCUT2D eigenvalue weighted by molar-refractivity contribution is -0.138. The number of amides is 2. The number of allylic oxidation sites excluding steroid dienone is 5. The van der Waals surface area contributed by atoms with Gasteiger partial charge in [0.1, 0.15) is 5.41 Å². The van der Waals surface area contributed by atoms with E-state index in [2.05, 4.69) is 83.1 Å². The van der Waals surface area contributed by atoms with Crippen molar-refractivity contribution < 1.29 is 9.59 Å². The molecule has 4 fully saturated rings. The summed E-state index contributed by atoms with van der Waals surface area (Å²) in [6, 6.07) is 4.90. The van der Waals surface area contributed by atoms with Crippen LogP contribution in [0.2, 0.25) is 0 Å². The summed E-state index contributed by atoms with van der Waals surface area (Å²) in [6.45, 7) is 4.66. The summed E-state index contributed by atoms with van der Waals surface area (Å²) in [6.07, 6.45) is 16.9. The Morgan fingerprint density at radius 1 is 0.569 bits per heavy atom. The number of hydrogen-bond donors (Lipinski definition) is 2. The molecule has 0 aromatic heterocycles. The van der Waals surface area contributed by atoms with Gasteiger partial charge in [-0.2, -0.15) is 0 Å². The minimum absolute atomic E-state index is 0.0436. The number of fused-ring (bicyclic) bond motifs is 10. The Labute approximate surface area is 334 Å². The molecule has 18 rings (SSSR count). The molecule has 12 unspecified atom stereocenters. The minimum atomic E-state index is -1.15. The molecule has 6 nitrogen and oxygen atoms in total. The first-order chi connectivity index (χ1) is 28.5. The van der Waals surface area contributed by atoms with E-state index in [9.17, 15) is 0 Å². The second kappa shape index (κ2) is 8.60. The fourth-order valence-electron chi connectivity index (χ4n) is 18.3. The van der Waals surface area contributed by atoms with Gasteiger partial charge in [-0.25, -0.2) is 0 Å². The summed E-state index contributed by atoms with van der Waals surface area (Å²) in [5.74, 6) is 4.22. The monoisotopic (exact) mass is 754 g/mol. The highest BCUT2D eigenvalue weighted by Gasteiger charge is 2.80. The van der Waals surface area contributed by atoms with Crippen LogP contribution in [0.5, 0.6) is 0 Å². The second-order valence-electron chi connectivity index (χ2n) is 21.1. The zero-order valence-corrected chi connectivity index (χ0v) is 32.7. The summed E-state index contributed by atoms with van der Waals surface area (Å²) < 4.78 is 0. The Balaban J connectivity index is 1.02. The lowest BCUT2D eigenvalue weighted by Gasteiger charge is -2.38. The van der Waals surface area contributed by atoms with Gasteiger partial charge in [0, 0.05) is 55.8 Å². The average molecular weight is 755 g/mol. The summed E-state index contributed by atoms with van der Waals surface area (Å²) in [5, 5.41) is 26.8. The molecular weight excluding hydrogens is 713 g/mol. The van der Waals surface area contributed by atoms with Crippen molar-refractivity contribution in [2.45, 2.75) is 24.2 Å². The van der Waals surface area contributed by atoms with Crippen molar-refractivity contribution in [3.63, 3.8) is 0 Å². The third-order valence-electron chi connectivity index (χ3n) is 19.7. The number of nitrogens with one attached hydrogen (secondary N) is 2. The van der Waals surface area contributed by atoms with Gasteiger partial charge < -0.3 is 20.4 Å². The first-order valence-electron chi connectivity index (χ1n) is 22.6. The zero-order chi connectivity index (χ0) is 37.3. The highest BCUT2D eigenvalue weighted by molar-refractivity contribution is 6.46. The van der Waals surface area contributed by atoms with Crippen molar-refractivity contribution in [2.75, 3.05) is 53.4 Å². The number of likely N-dealkylation sites (N-methyl/N-ethyl adjacent to an activating group) is 2. The van der Waals surface area contributed by atoms with E-state index in [1.807, 2.05) is 5.57 Å². The average Bonchev–Trinajstić information content (AvgIpc) is 3.80. The molecule has 6 aromatic rings. The van der Waals surface area contributed by atoms with Gasteiger partial charge in [-0.1, -0.05) is 48.6 Å². The highest BCUT2D eigenvalue weighted by Crippen LogP contribution is 2.80. The van der Waals surface area contributed by atoms with E-state index in [0.29, 0.717) is 60.4 Å². The zero-order valence-electron chi connectivity index (χ0n) is 32.7. The maximum absolute atomic E-state index is 15.4. The topological polar surface area (TPSA) is 64.7 Å². The molecular formula is C52H42N4O2. The van der Waals surface area contributed by atoms with Crippen LogP contribution < -0.4 is 26.3 Å². The molecule has 1 aliphatic heterocycles. The van der Waals surface area contributed by atoms with Crippen LogP contribution in [-0.2, 0) is 9.59 Å². The molecule has 6 aromatic carbocycles. The smallest absolute Gasteiger partial charge is 0.236 e. The first kappa shape index (κ1) is 29.4. The van der Waals surface area contributed by atoms with Crippen LogP contribution in [0.1, 0.15) is 46.4 Å². The Kier molecular flexibility index (Phi) is 4.36. The maximum atomic E-state index is 15.4. The Bertz CT molecular complexity index is 3430. The molecule has 2 N–H and O–H groups in total. The molecule has 0 bridgehead atoms. The molecule has 3 saturated carbocycles. The quantitative estimate of drug-likeness (QED) is 0.136. The van der Waals surface area contributed by atoms with E-state index >= 15 is 9.59 Å². The number of hydrogen-bond acceptors (Lipinski definition) is 4. The van der Waals surface area contributed by atoms with Crippen LogP contribution in [0.25, 0.3) is 76.7 Å². The third-order valence-corrected chi connectivity index (χ3v) is 19.7.